The van der Waals surface area contributed by atoms with Crippen LogP contribution in [0.15, 0.2) is 24.3 Å². The minimum Gasteiger partial charge on any atom is -0.376 e. The summed E-state index contributed by atoms with van der Waals surface area (Å²) >= 11 is 7.74. The van der Waals surface area contributed by atoms with Crippen LogP contribution in [0.2, 0.25) is 4.34 Å². The monoisotopic (exact) mass is 295 g/mol. The second-order valence-electron chi connectivity index (χ2n) is 5.00. The molecule has 1 unspecified atom stereocenters. The molecule has 19 heavy (non-hydrogen) atoms. The zero-order chi connectivity index (χ0) is 13.4. The lowest BCUT2D eigenvalue weighted by molar-refractivity contribution is 0.592. The van der Waals surface area contributed by atoms with Crippen LogP contribution in [0.25, 0.3) is 0 Å². The molecule has 1 aliphatic carbocycles. The van der Waals surface area contributed by atoms with E-state index < -0.39 is 0 Å². The first kappa shape index (κ1) is 12.9. The SMILES string of the molecule is Cc1ccc(F)c(NC2CCCc3sc(Cl)cc32)c1. The van der Waals surface area contributed by atoms with Crippen LogP contribution < -0.4 is 5.32 Å². The highest BCUT2D eigenvalue weighted by molar-refractivity contribution is 7.16. The molecule has 0 saturated heterocycles. The number of thiophene rings is 1. The molecule has 3 rings (SSSR count). The van der Waals surface area contributed by atoms with Crippen molar-refractivity contribution in [3.8, 4) is 0 Å². The molecule has 0 bridgehead atoms. The highest BCUT2D eigenvalue weighted by atomic mass is 35.5. The third-order valence-corrected chi connectivity index (χ3v) is 4.87. The molecule has 1 atom stereocenters. The zero-order valence-electron chi connectivity index (χ0n) is 10.7. The van der Waals surface area contributed by atoms with E-state index in [1.54, 1.807) is 17.4 Å². The molecule has 100 valence electrons. The molecule has 0 fully saturated rings. The zero-order valence-corrected chi connectivity index (χ0v) is 12.2. The molecule has 1 aromatic carbocycles. The maximum absolute atomic E-state index is 13.8. The van der Waals surface area contributed by atoms with E-state index in [1.807, 2.05) is 19.1 Å². The van der Waals surface area contributed by atoms with Crippen LogP contribution >= 0.6 is 22.9 Å². The van der Waals surface area contributed by atoms with Gasteiger partial charge in [0.15, 0.2) is 0 Å². The Morgan fingerprint density at radius 3 is 3.05 bits per heavy atom. The number of rotatable bonds is 2. The number of anilines is 1. The lowest BCUT2D eigenvalue weighted by Crippen LogP contribution is -2.16. The summed E-state index contributed by atoms with van der Waals surface area (Å²) in [5, 5.41) is 3.33. The van der Waals surface area contributed by atoms with Gasteiger partial charge in [-0.2, -0.15) is 0 Å². The molecule has 0 spiro atoms. The van der Waals surface area contributed by atoms with E-state index in [0.717, 1.165) is 29.2 Å². The van der Waals surface area contributed by atoms with Gasteiger partial charge in [0.2, 0.25) is 0 Å². The Morgan fingerprint density at radius 2 is 2.21 bits per heavy atom. The second kappa shape index (κ2) is 5.14. The van der Waals surface area contributed by atoms with E-state index in [4.69, 9.17) is 11.6 Å². The van der Waals surface area contributed by atoms with Gasteiger partial charge in [0.25, 0.3) is 0 Å². The van der Waals surface area contributed by atoms with Gasteiger partial charge in [-0.1, -0.05) is 17.7 Å². The minimum absolute atomic E-state index is 0.170. The van der Waals surface area contributed by atoms with Gasteiger partial charge in [0.1, 0.15) is 5.82 Å². The standard InChI is InChI=1S/C15H15ClFNS/c1-9-5-6-11(17)13(7-9)18-12-3-2-4-14-10(12)8-15(16)19-14/h5-8,12,18H,2-4H2,1H3. The largest absolute Gasteiger partial charge is 0.376 e. The summed E-state index contributed by atoms with van der Waals surface area (Å²) in [5.41, 5.74) is 2.88. The number of hydrogen-bond acceptors (Lipinski definition) is 2. The quantitative estimate of drug-likeness (QED) is 0.788. The fraction of sp³-hybridized carbons (Fsp3) is 0.333. The van der Waals surface area contributed by atoms with E-state index >= 15 is 0 Å². The van der Waals surface area contributed by atoms with Crippen molar-refractivity contribution in [1.82, 2.24) is 0 Å². The summed E-state index contributed by atoms with van der Waals surface area (Å²) in [5.74, 6) is -0.195. The van der Waals surface area contributed by atoms with Gasteiger partial charge in [0.05, 0.1) is 16.1 Å². The molecule has 1 aliphatic rings. The first-order valence-electron chi connectivity index (χ1n) is 6.44. The molecule has 1 nitrogen and oxygen atoms in total. The summed E-state index contributed by atoms with van der Waals surface area (Å²) < 4.78 is 14.6. The molecular formula is C15H15ClFNS. The highest BCUT2D eigenvalue weighted by Crippen LogP contribution is 2.39. The molecule has 1 aromatic heterocycles. The Hall–Kier alpha value is -1.06. The van der Waals surface area contributed by atoms with Crippen molar-refractivity contribution >= 4 is 28.6 Å². The third kappa shape index (κ3) is 2.63. The number of hydrogen-bond donors (Lipinski definition) is 1. The first-order valence-corrected chi connectivity index (χ1v) is 7.64. The van der Waals surface area contributed by atoms with E-state index in [9.17, 15) is 4.39 Å². The second-order valence-corrected chi connectivity index (χ2v) is 6.77. The third-order valence-electron chi connectivity index (χ3n) is 3.54. The van der Waals surface area contributed by atoms with Gasteiger partial charge in [0, 0.05) is 4.88 Å². The normalized spacial score (nSPS) is 18.2. The summed E-state index contributed by atoms with van der Waals surface area (Å²) in [6.07, 6.45) is 3.23. The summed E-state index contributed by atoms with van der Waals surface area (Å²) in [6, 6.07) is 7.35. The Balaban J connectivity index is 1.90. The molecule has 0 aliphatic heterocycles. The molecule has 4 heteroatoms. The van der Waals surface area contributed by atoms with Crippen molar-refractivity contribution in [3.63, 3.8) is 0 Å². The van der Waals surface area contributed by atoms with Crippen LogP contribution in [0.3, 0.4) is 0 Å². The molecule has 1 N–H and O–H groups in total. The van der Waals surface area contributed by atoms with Gasteiger partial charge in [-0.3, -0.25) is 0 Å². The summed E-state index contributed by atoms with van der Waals surface area (Å²) in [6.45, 7) is 1.97. The summed E-state index contributed by atoms with van der Waals surface area (Å²) in [4.78, 5) is 1.34. The minimum atomic E-state index is -0.195. The van der Waals surface area contributed by atoms with Crippen molar-refractivity contribution < 1.29 is 4.39 Å². The van der Waals surface area contributed by atoms with Crippen LogP contribution in [0.5, 0.6) is 0 Å². The lowest BCUT2D eigenvalue weighted by Gasteiger charge is -2.25. The Labute approximate surface area is 121 Å². The summed E-state index contributed by atoms with van der Waals surface area (Å²) in [7, 11) is 0. The lowest BCUT2D eigenvalue weighted by atomic mass is 9.94. The number of benzene rings is 1. The van der Waals surface area contributed by atoms with Gasteiger partial charge in [-0.05, 0) is 55.5 Å². The van der Waals surface area contributed by atoms with Crippen LogP contribution in [-0.2, 0) is 6.42 Å². The van der Waals surface area contributed by atoms with Crippen molar-refractivity contribution in [2.45, 2.75) is 32.2 Å². The Bertz CT molecular complexity index is 608. The molecular weight excluding hydrogens is 281 g/mol. The predicted molar refractivity (Wildman–Crippen MR) is 79.8 cm³/mol. The van der Waals surface area contributed by atoms with E-state index in [2.05, 4.69) is 5.32 Å². The smallest absolute Gasteiger partial charge is 0.146 e. The van der Waals surface area contributed by atoms with Crippen LogP contribution in [0.4, 0.5) is 10.1 Å². The van der Waals surface area contributed by atoms with E-state index in [1.165, 1.54) is 16.5 Å². The average Bonchev–Trinajstić information content (AvgIpc) is 2.75. The van der Waals surface area contributed by atoms with Crippen molar-refractivity contribution in [1.29, 1.82) is 0 Å². The number of fused-ring (bicyclic) bond motifs is 1. The van der Waals surface area contributed by atoms with E-state index in [-0.39, 0.29) is 11.9 Å². The highest BCUT2D eigenvalue weighted by Gasteiger charge is 2.23. The number of aryl methyl sites for hydroxylation is 2. The first-order chi connectivity index (χ1) is 9.13. The van der Waals surface area contributed by atoms with Crippen molar-refractivity contribution in [3.05, 3.63) is 50.4 Å². The van der Waals surface area contributed by atoms with Gasteiger partial charge >= 0.3 is 0 Å². The van der Waals surface area contributed by atoms with Crippen molar-refractivity contribution in [2.24, 2.45) is 0 Å². The number of nitrogens with one attached hydrogen (secondary N) is 1. The van der Waals surface area contributed by atoms with Gasteiger partial charge < -0.3 is 5.32 Å². The molecule has 1 heterocycles. The molecule has 0 amide bonds. The Morgan fingerprint density at radius 1 is 1.37 bits per heavy atom. The maximum atomic E-state index is 13.8. The maximum Gasteiger partial charge on any atom is 0.146 e. The fourth-order valence-electron chi connectivity index (χ4n) is 2.61. The van der Waals surface area contributed by atoms with Crippen molar-refractivity contribution in [2.75, 3.05) is 5.32 Å². The fourth-order valence-corrected chi connectivity index (χ4v) is 3.99. The predicted octanol–water partition coefficient (Wildman–Crippen LogP) is 5.34. The van der Waals surface area contributed by atoms with Crippen LogP contribution in [0.1, 0.15) is 34.9 Å². The van der Waals surface area contributed by atoms with Gasteiger partial charge in [-0.15, -0.1) is 11.3 Å². The van der Waals surface area contributed by atoms with Crippen LogP contribution in [-0.4, -0.2) is 0 Å². The molecule has 0 radical (unpaired) electrons. The topological polar surface area (TPSA) is 12.0 Å². The Kier molecular flexibility index (Phi) is 3.50. The number of halogens is 2. The molecule has 2 aromatic rings. The van der Waals surface area contributed by atoms with E-state index in [0.29, 0.717) is 5.69 Å². The molecule has 0 saturated carbocycles. The van der Waals surface area contributed by atoms with Gasteiger partial charge in [-0.25, -0.2) is 4.39 Å². The van der Waals surface area contributed by atoms with Crippen LogP contribution in [0, 0.1) is 12.7 Å². The average molecular weight is 296 g/mol.